The number of benzene rings is 2. The molecule has 0 amide bonds. The summed E-state index contributed by atoms with van der Waals surface area (Å²) in [5.41, 5.74) is 4.08. The van der Waals surface area contributed by atoms with Crippen molar-refractivity contribution in [2.45, 2.75) is 57.8 Å². The van der Waals surface area contributed by atoms with E-state index in [1.165, 1.54) is 16.7 Å². The molecule has 0 spiro atoms. The smallest absolute Gasteiger partial charge is 0.120 e. The van der Waals surface area contributed by atoms with Crippen LogP contribution in [0.2, 0.25) is 0 Å². The highest BCUT2D eigenvalue weighted by molar-refractivity contribution is 5.39. The van der Waals surface area contributed by atoms with Crippen molar-refractivity contribution in [2.24, 2.45) is 5.92 Å². The minimum Gasteiger partial charge on any atom is -0.497 e. The zero-order chi connectivity index (χ0) is 21.8. The maximum Gasteiger partial charge on any atom is 0.120 e. The topological polar surface area (TPSA) is 41.9 Å². The molecule has 2 aliphatic heterocycles. The van der Waals surface area contributed by atoms with Gasteiger partial charge >= 0.3 is 0 Å². The van der Waals surface area contributed by atoms with Gasteiger partial charge in [-0.25, -0.2) is 0 Å². The van der Waals surface area contributed by atoms with E-state index in [2.05, 4.69) is 59.2 Å². The number of fused-ring (bicyclic) bond motifs is 1. The molecule has 1 N–H and O–H groups in total. The Labute approximate surface area is 186 Å². The SMILES string of the molecule is COc1ccc2c(c1)CC(C1CCOCC1)N(Cc1ccc(C#CC(C)(C)O)cc1)C2. The van der Waals surface area contributed by atoms with Crippen LogP contribution in [0.5, 0.6) is 5.75 Å². The lowest BCUT2D eigenvalue weighted by Gasteiger charge is -2.42. The molecule has 4 heteroatoms. The molecule has 1 saturated heterocycles. The van der Waals surface area contributed by atoms with Gasteiger partial charge in [0, 0.05) is 37.9 Å². The molecule has 0 aliphatic carbocycles. The van der Waals surface area contributed by atoms with Crippen LogP contribution in [0.1, 0.15) is 48.9 Å². The summed E-state index contributed by atoms with van der Waals surface area (Å²) in [6, 6.07) is 15.5. The number of hydrogen-bond donors (Lipinski definition) is 1. The van der Waals surface area contributed by atoms with Crippen molar-refractivity contribution in [3.63, 3.8) is 0 Å². The molecule has 2 aliphatic rings. The summed E-state index contributed by atoms with van der Waals surface area (Å²) in [6.07, 6.45) is 3.32. The molecular formula is C27H33NO3. The summed E-state index contributed by atoms with van der Waals surface area (Å²) in [4.78, 5) is 2.64. The van der Waals surface area contributed by atoms with E-state index in [1.54, 1.807) is 21.0 Å². The van der Waals surface area contributed by atoms with Crippen LogP contribution in [0, 0.1) is 17.8 Å². The molecule has 0 radical (unpaired) electrons. The number of hydrogen-bond acceptors (Lipinski definition) is 4. The second-order valence-corrected chi connectivity index (χ2v) is 9.27. The molecule has 1 atom stereocenters. The van der Waals surface area contributed by atoms with Crippen molar-refractivity contribution in [3.05, 3.63) is 64.7 Å². The van der Waals surface area contributed by atoms with E-state index in [1.807, 2.05) is 0 Å². The van der Waals surface area contributed by atoms with Crippen LogP contribution in [0.3, 0.4) is 0 Å². The fourth-order valence-electron chi connectivity index (χ4n) is 4.66. The number of ether oxygens (including phenoxy) is 2. The van der Waals surface area contributed by atoms with Gasteiger partial charge in [-0.05, 0) is 80.0 Å². The second kappa shape index (κ2) is 9.44. The van der Waals surface area contributed by atoms with Crippen molar-refractivity contribution in [1.82, 2.24) is 4.90 Å². The van der Waals surface area contributed by atoms with Gasteiger partial charge in [-0.3, -0.25) is 4.90 Å². The average Bonchev–Trinajstić information content (AvgIpc) is 2.78. The maximum atomic E-state index is 9.82. The van der Waals surface area contributed by atoms with E-state index in [-0.39, 0.29) is 0 Å². The molecule has 164 valence electrons. The predicted octanol–water partition coefficient (Wildman–Crippen LogP) is 4.17. The number of rotatable bonds is 4. The number of methoxy groups -OCH3 is 1. The van der Waals surface area contributed by atoms with Crippen molar-refractivity contribution < 1.29 is 14.6 Å². The quantitative estimate of drug-likeness (QED) is 0.756. The summed E-state index contributed by atoms with van der Waals surface area (Å²) >= 11 is 0. The lowest BCUT2D eigenvalue weighted by Crippen LogP contribution is -2.46. The summed E-state index contributed by atoms with van der Waals surface area (Å²) in [5.74, 6) is 7.55. The molecule has 2 heterocycles. The lowest BCUT2D eigenvalue weighted by atomic mass is 9.82. The Morgan fingerprint density at radius 3 is 2.52 bits per heavy atom. The Balaban J connectivity index is 1.54. The standard InChI is InChI=1S/C27H33NO3/c1-27(2,29)13-10-20-4-6-21(7-5-20)18-28-19-23-8-9-25(30-3)16-24(23)17-26(28)22-11-14-31-15-12-22/h4-9,16,22,26,29H,11-12,14-15,17-19H2,1-3H3. The summed E-state index contributed by atoms with van der Waals surface area (Å²) in [5, 5.41) is 9.82. The Hall–Kier alpha value is -2.32. The Morgan fingerprint density at radius 2 is 1.84 bits per heavy atom. The van der Waals surface area contributed by atoms with Crippen molar-refractivity contribution in [3.8, 4) is 17.6 Å². The Bertz CT molecular complexity index is 943. The van der Waals surface area contributed by atoms with Crippen LogP contribution in [-0.2, 0) is 24.2 Å². The first-order valence-corrected chi connectivity index (χ1v) is 11.2. The van der Waals surface area contributed by atoms with Gasteiger partial charge in [0.2, 0.25) is 0 Å². The molecule has 0 bridgehead atoms. The van der Waals surface area contributed by atoms with E-state index >= 15 is 0 Å². The van der Waals surface area contributed by atoms with Crippen molar-refractivity contribution in [1.29, 1.82) is 0 Å². The third kappa shape index (κ3) is 5.68. The summed E-state index contributed by atoms with van der Waals surface area (Å²) in [6.45, 7) is 7.03. The molecule has 31 heavy (non-hydrogen) atoms. The van der Waals surface area contributed by atoms with Crippen molar-refractivity contribution >= 4 is 0 Å². The van der Waals surface area contributed by atoms with Crippen LogP contribution >= 0.6 is 0 Å². The minimum absolute atomic E-state index is 0.512. The van der Waals surface area contributed by atoms with E-state index in [0.717, 1.165) is 56.9 Å². The summed E-state index contributed by atoms with van der Waals surface area (Å²) in [7, 11) is 1.74. The molecule has 0 aromatic heterocycles. The molecular weight excluding hydrogens is 386 g/mol. The van der Waals surface area contributed by atoms with Gasteiger partial charge < -0.3 is 14.6 Å². The zero-order valence-electron chi connectivity index (χ0n) is 18.9. The van der Waals surface area contributed by atoms with Crippen LogP contribution in [0.4, 0.5) is 0 Å². The van der Waals surface area contributed by atoms with Crippen LogP contribution in [-0.4, -0.2) is 42.0 Å². The third-order valence-electron chi connectivity index (χ3n) is 6.35. The molecule has 0 saturated carbocycles. The van der Waals surface area contributed by atoms with Gasteiger partial charge in [0.05, 0.1) is 7.11 Å². The molecule has 2 aromatic carbocycles. The average molecular weight is 420 g/mol. The monoisotopic (exact) mass is 419 g/mol. The van der Waals surface area contributed by atoms with Gasteiger partial charge in [-0.2, -0.15) is 0 Å². The van der Waals surface area contributed by atoms with E-state index < -0.39 is 5.60 Å². The molecule has 1 unspecified atom stereocenters. The first-order chi connectivity index (χ1) is 14.9. The molecule has 1 fully saturated rings. The van der Waals surface area contributed by atoms with Gasteiger partial charge in [0.1, 0.15) is 11.4 Å². The minimum atomic E-state index is -0.973. The van der Waals surface area contributed by atoms with E-state index in [4.69, 9.17) is 9.47 Å². The fourth-order valence-corrected chi connectivity index (χ4v) is 4.66. The largest absolute Gasteiger partial charge is 0.497 e. The van der Waals surface area contributed by atoms with Crippen LogP contribution < -0.4 is 4.74 Å². The summed E-state index contributed by atoms with van der Waals surface area (Å²) < 4.78 is 11.1. The molecule has 2 aromatic rings. The normalized spacial score (nSPS) is 19.9. The number of aliphatic hydroxyl groups is 1. The first kappa shape index (κ1) is 21.9. The fraction of sp³-hybridized carbons (Fsp3) is 0.481. The van der Waals surface area contributed by atoms with Crippen molar-refractivity contribution in [2.75, 3.05) is 20.3 Å². The first-order valence-electron chi connectivity index (χ1n) is 11.2. The third-order valence-corrected chi connectivity index (χ3v) is 6.35. The Kier molecular flexibility index (Phi) is 6.67. The second-order valence-electron chi connectivity index (χ2n) is 9.27. The number of nitrogens with zero attached hydrogens (tertiary/aromatic N) is 1. The zero-order valence-corrected chi connectivity index (χ0v) is 18.9. The van der Waals surface area contributed by atoms with Gasteiger partial charge in [0.15, 0.2) is 0 Å². The molecule has 4 rings (SSSR count). The highest BCUT2D eigenvalue weighted by atomic mass is 16.5. The highest BCUT2D eigenvalue weighted by Gasteiger charge is 2.33. The van der Waals surface area contributed by atoms with Crippen LogP contribution in [0.25, 0.3) is 0 Å². The predicted molar refractivity (Wildman–Crippen MR) is 123 cm³/mol. The molecule has 4 nitrogen and oxygen atoms in total. The maximum absolute atomic E-state index is 9.82. The van der Waals surface area contributed by atoms with E-state index in [9.17, 15) is 5.11 Å². The van der Waals surface area contributed by atoms with E-state index in [0.29, 0.717) is 12.0 Å². The van der Waals surface area contributed by atoms with Gasteiger partial charge in [-0.15, -0.1) is 0 Å². The highest BCUT2D eigenvalue weighted by Crippen LogP contribution is 2.34. The van der Waals surface area contributed by atoms with Gasteiger partial charge in [-0.1, -0.05) is 30.0 Å². The Morgan fingerprint density at radius 1 is 1.10 bits per heavy atom. The van der Waals surface area contributed by atoms with Crippen LogP contribution in [0.15, 0.2) is 42.5 Å². The lowest BCUT2D eigenvalue weighted by molar-refractivity contribution is 0.0165. The van der Waals surface area contributed by atoms with Gasteiger partial charge in [0.25, 0.3) is 0 Å².